The SMILES string of the molecule is C=CCOCC(=O)NCC(N1CCNCC1)C(F)(F)F.Cl. The standard InChI is InChI=1S/C12H20F3N3O2.ClH/c1-2-7-20-9-11(19)17-8-10(12(13,14)15)18-5-3-16-4-6-18;/h2,10,16H,1,3-9H2,(H,17,19);1H. The van der Waals surface area contributed by atoms with Gasteiger partial charge in [-0.3, -0.25) is 9.69 Å². The molecule has 0 saturated carbocycles. The Hall–Kier alpha value is -0.830. The first-order chi connectivity index (χ1) is 9.45. The van der Waals surface area contributed by atoms with Crippen LogP contribution < -0.4 is 10.6 Å². The van der Waals surface area contributed by atoms with Gasteiger partial charge in [0, 0.05) is 32.7 Å². The van der Waals surface area contributed by atoms with E-state index in [-0.39, 0.29) is 25.6 Å². The fraction of sp³-hybridized carbons (Fsp3) is 0.750. The first-order valence-electron chi connectivity index (χ1n) is 6.42. The van der Waals surface area contributed by atoms with E-state index in [1.54, 1.807) is 0 Å². The molecule has 2 N–H and O–H groups in total. The van der Waals surface area contributed by atoms with Gasteiger partial charge in [-0.25, -0.2) is 0 Å². The molecule has 1 heterocycles. The van der Waals surface area contributed by atoms with Gasteiger partial charge < -0.3 is 15.4 Å². The number of rotatable bonds is 7. The van der Waals surface area contributed by atoms with Gasteiger partial charge in [-0.15, -0.1) is 19.0 Å². The lowest BCUT2D eigenvalue weighted by Crippen LogP contribution is -2.57. The van der Waals surface area contributed by atoms with Crippen LogP contribution in [0.4, 0.5) is 13.2 Å². The van der Waals surface area contributed by atoms with Crippen molar-refractivity contribution in [2.24, 2.45) is 0 Å². The molecule has 1 rings (SSSR count). The lowest BCUT2D eigenvalue weighted by molar-refractivity contribution is -0.184. The number of amides is 1. The summed E-state index contributed by atoms with van der Waals surface area (Å²) in [7, 11) is 0. The summed E-state index contributed by atoms with van der Waals surface area (Å²) in [4.78, 5) is 12.7. The molecule has 1 atom stereocenters. The highest BCUT2D eigenvalue weighted by molar-refractivity contribution is 5.85. The summed E-state index contributed by atoms with van der Waals surface area (Å²) in [6.45, 7) is 4.53. The zero-order valence-corrected chi connectivity index (χ0v) is 12.4. The van der Waals surface area contributed by atoms with Gasteiger partial charge in [0.05, 0.1) is 6.61 Å². The zero-order chi connectivity index (χ0) is 15.0. The van der Waals surface area contributed by atoms with E-state index in [0.29, 0.717) is 26.2 Å². The molecular formula is C12H21ClF3N3O2. The maximum absolute atomic E-state index is 13.0. The molecule has 1 saturated heterocycles. The molecule has 21 heavy (non-hydrogen) atoms. The number of carbonyl (C=O) groups is 1. The Morgan fingerprint density at radius 1 is 1.43 bits per heavy atom. The van der Waals surface area contributed by atoms with Gasteiger partial charge >= 0.3 is 6.18 Å². The third-order valence-corrected chi connectivity index (χ3v) is 2.93. The second-order valence-corrected chi connectivity index (χ2v) is 4.45. The van der Waals surface area contributed by atoms with Crippen LogP contribution in [0.3, 0.4) is 0 Å². The van der Waals surface area contributed by atoms with Gasteiger partial charge in [-0.05, 0) is 0 Å². The largest absolute Gasteiger partial charge is 0.405 e. The van der Waals surface area contributed by atoms with Crippen LogP contribution in [0.5, 0.6) is 0 Å². The summed E-state index contributed by atoms with van der Waals surface area (Å²) < 4.78 is 43.9. The minimum atomic E-state index is -4.37. The first kappa shape index (κ1) is 20.2. The van der Waals surface area contributed by atoms with Crippen molar-refractivity contribution in [1.82, 2.24) is 15.5 Å². The smallest absolute Gasteiger partial charge is 0.368 e. The highest BCUT2D eigenvalue weighted by Crippen LogP contribution is 2.24. The van der Waals surface area contributed by atoms with Crippen molar-refractivity contribution in [3.63, 3.8) is 0 Å². The zero-order valence-electron chi connectivity index (χ0n) is 11.6. The van der Waals surface area contributed by atoms with Crippen molar-refractivity contribution in [2.45, 2.75) is 12.2 Å². The summed E-state index contributed by atoms with van der Waals surface area (Å²) in [5.74, 6) is -0.559. The molecule has 0 spiro atoms. The fourth-order valence-electron chi connectivity index (χ4n) is 1.94. The number of hydrogen-bond donors (Lipinski definition) is 2. The van der Waals surface area contributed by atoms with Crippen molar-refractivity contribution in [3.05, 3.63) is 12.7 Å². The summed E-state index contributed by atoms with van der Waals surface area (Å²) >= 11 is 0. The van der Waals surface area contributed by atoms with E-state index >= 15 is 0 Å². The summed E-state index contributed by atoms with van der Waals surface area (Å²) in [5.41, 5.74) is 0. The van der Waals surface area contributed by atoms with Gasteiger partial charge in [-0.1, -0.05) is 6.08 Å². The van der Waals surface area contributed by atoms with Crippen LogP contribution in [0, 0.1) is 0 Å². The van der Waals surface area contributed by atoms with E-state index in [0.717, 1.165) is 0 Å². The molecule has 1 fully saturated rings. The Balaban J connectivity index is 0.00000400. The topological polar surface area (TPSA) is 53.6 Å². The van der Waals surface area contributed by atoms with E-state index in [2.05, 4.69) is 17.2 Å². The van der Waals surface area contributed by atoms with Crippen LogP contribution in [0.25, 0.3) is 0 Å². The van der Waals surface area contributed by atoms with Crippen LogP contribution in [0.1, 0.15) is 0 Å². The molecule has 0 aliphatic carbocycles. The number of ether oxygens (including phenoxy) is 1. The molecule has 1 amide bonds. The van der Waals surface area contributed by atoms with E-state index < -0.39 is 24.7 Å². The fourth-order valence-corrected chi connectivity index (χ4v) is 1.94. The molecule has 1 aliphatic heterocycles. The number of nitrogens with zero attached hydrogens (tertiary/aromatic N) is 1. The number of carbonyl (C=O) groups excluding carboxylic acids is 1. The summed E-state index contributed by atoms with van der Waals surface area (Å²) in [6.07, 6.45) is -2.90. The second-order valence-electron chi connectivity index (χ2n) is 4.45. The maximum Gasteiger partial charge on any atom is 0.405 e. The minimum Gasteiger partial charge on any atom is -0.368 e. The Labute approximate surface area is 128 Å². The molecule has 0 bridgehead atoms. The lowest BCUT2D eigenvalue weighted by Gasteiger charge is -2.35. The maximum atomic E-state index is 13.0. The lowest BCUT2D eigenvalue weighted by atomic mass is 10.2. The second kappa shape index (κ2) is 9.99. The van der Waals surface area contributed by atoms with Crippen molar-refractivity contribution in [3.8, 4) is 0 Å². The number of hydrogen-bond acceptors (Lipinski definition) is 4. The third kappa shape index (κ3) is 7.66. The molecule has 0 aromatic rings. The predicted molar refractivity (Wildman–Crippen MR) is 75.6 cm³/mol. The molecule has 9 heteroatoms. The number of halogens is 4. The predicted octanol–water partition coefficient (Wildman–Crippen LogP) is 0.563. The van der Waals surface area contributed by atoms with E-state index in [9.17, 15) is 18.0 Å². The quantitative estimate of drug-likeness (QED) is 0.529. The molecule has 124 valence electrons. The van der Waals surface area contributed by atoms with Crippen molar-refractivity contribution < 1.29 is 22.7 Å². The first-order valence-corrected chi connectivity index (χ1v) is 6.42. The monoisotopic (exact) mass is 331 g/mol. The number of nitrogens with one attached hydrogen (secondary N) is 2. The van der Waals surface area contributed by atoms with Gasteiger partial charge in [0.2, 0.25) is 5.91 Å². The Morgan fingerprint density at radius 2 is 2.05 bits per heavy atom. The molecule has 0 radical (unpaired) electrons. The molecule has 5 nitrogen and oxygen atoms in total. The van der Waals surface area contributed by atoms with Crippen LogP contribution in [0.2, 0.25) is 0 Å². The Morgan fingerprint density at radius 3 is 2.57 bits per heavy atom. The summed E-state index contributed by atoms with van der Waals surface area (Å²) in [6, 6.07) is -1.66. The Kier molecular flexibility index (Phi) is 9.60. The van der Waals surface area contributed by atoms with Gasteiger partial charge in [-0.2, -0.15) is 13.2 Å². The van der Waals surface area contributed by atoms with E-state index in [1.807, 2.05) is 0 Å². The van der Waals surface area contributed by atoms with Crippen LogP contribution in [0.15, 0.2) is 12.7 Å². The molecule has 1 aliphatic rings. The van der Waals surface area contributed by atoms with Crippen LogP contribution in [-0.2, 0) is 9.53 Å². The number of piperazine rings is 1. The average molecular weight is 332 g/mol. The van der Waals surface area contributed by atoms with E-state index in [4.69, 9.17) is 4.74 Å². The van der Waals surface area contributed by atoms with Crippen LogP contribution >= 0.6 is 12.4 Å². The molecule has 0 aromatic carbocycles. The van der Waals surface area contributed by atoms with Gasteiger partial charge in [0.1, 0.15) is 12.6 Å². The third-order valence-electron chi connectivity index (χ3n) is 2.93. The highest BCUT2D eigenvalue weighted by Gasteiger charge is 2.43. The van der Waals surface area contributed by atoms with Crippen molar-refractivity contribution >= 4 is 18.3 Å². The van der Waals surface area contributed by atoms with E-state index in [1.165, 1.54) is 11.0 Å². The molecule has 1 unspecified atom stereocenters. The number of alkyl halides is 3. The highest BCUT2D eigenvalue weighted by atomic mass is 35.5. The van der Waals surface area contributed by atoms with Gasteiger partial charge in [0.25, 0.3) is 0 Å². The normalized spacial score (nSPS) is 17.7. The van der Waals surface area contributed by atoms with Gasteiger partial charge in [0.15, 0.2) is 0 Å². The summed E-state index contributed by atoms with van der Waals surface area (Å²) in [5, 5.41) is 5.26. The minimum absolute atomic E-state index is 0. The molecular weight excluding hydrogens is 311 g/mol. The van der Waals surface area contributed by atoms with Crippen molar-refractivity contribution in [1.29, 1.82) is 0 Å². The average Bonchev–Trinajstić information content (AvgIpc) is 2.39. The molecule has 0 aromatic heterocycles. The van der Waals surface area contributed by atoms with Crippen molar-refractivity contribution in [2.75, 3.05) is 45.9 Å². The Bertz CT molecular complexity index is 323. The van der Waals surface area contributed by atoms with Crippen LogP contribution in [-0.4, -0.2) is 69.0 Å².